The third kappa shape index (κ3) is 2.22. The van der Waals surface area contributed by atoms with Crippen LogP contribution in [0.25, 0.3) is 0 Å². The Morgan fingerprint density at radius 3 is 2.11 bits per heavy atom. The zero-order chi connectivity index (χ0) is 13.3. The van der Waals surface area contributed by atoms with Gasteiger partial charge in [-0.3, -0.25) is 0 Å². The lowest BCUT2D eigenvalue weighted by Gasteiger charge is -2.09. The average molecular weight is 256 g/mol. The van der Waals surface area contributed by atoms with Gasteiger partial charge in [-0.2, -0.15) is 0 Å². The minimum atomic E-state index is -1.61. The fourth-order valence-corrected chi connectivity index (χ4v) is 1.40. The third-order valence-corrected chi connectivity index (χ3v) is 2.30. The summed E-state index contributed by atoms with van der Waals surface area (Å²) in [7, 11) is 0. The van der Waals surface area contributed by atoms with Crippen molar-refractivity contribution < 1.29 is 17.6 Å². The van der Waals surface area contributed by atoms with Gasteiger partial charge in [-0.05, 0) is 30.3 Å². The molecule has 0 bridgehead atoms. The molecule has 6 heteroatoms. The zero-order valence-corrected chi connectivity index (χ0v) is 8.98. The van der Waals surface area contributed by atoms with Crippen molar-refractivity contribution in [2.24, 2.45) is 0 Å². The molecular weight excluding hydrogens is 248 g/mol. The summed E-state index contributed by atoms with van der Waals surface area (Å²) in [6.45, 7) is 0. The van der Waals surface area contributed by atoms with Gasteiger partial charge in [-0.15, -0.1) is 0 Å². The van der Waals surface area contributed by atoms with Crippen LogP contribution in [0.4, 0.5) is 34.6 Å². The van der Waals surface area contributed by atoms with Crippen molar-refractivity contribution in [2.45, 2.75) is 0 Å². The molecular formula is C12H8F4N2. The van der Waals surface area contributed by atoms with Crippen molar-refractivity contribution in [2.75, 3.05) is 11.1 Å². The van der Waals surface area contributed by atoms with E-state index in [9.17, 15) is 17.6 Å². The Kier molecular flexibility index (Phi) is 3.10. The number of hydrogen-bond acceptors (Lipinski definition) is 2. The molecule has 0 saturated heterocycles. The summed E-state index contributed by atoms with van der Waals surface area (Å²) < 4.78 is 52.4. The van der Waals surface area contributed by atoms with E-state index in [2.05, 4.69) is 5.32 Å². The number of anilines is 3. The van der Waals surface area contributed by atoms with Crippen molar-refractivity contribution in [1.82, 2.24) is 0 Å². The summed E-state index contributed by atoms with van der Waals surface area (Å²) in [6, 6.07) is 5.41. The van der Waals surface area contributed by atoms with Crippen LogP contribution in [0.15, 0.2) is 30.3 Å². The van der Waals surface area contributed by atoms with Crippen LogP contribution in [0.2, 0.25) is 0 Å². The number of nitrogen functional groups attached to an aromatic ring is 1. The molecule has 2 nitrogen and oxygen atoms in total. The predicted octanol–water partition coefficient (Wildman–Crippen LogP) is 3.57. The highest BCUT2D eigenvalue weighted by molar-refractivity contribution is 5.63. The standard InChI is InChI=1S/C12H8F4N2/c13-7-2-4-10(12(16)11(7)15)18-9-3-1-6(17)5-8(9)14/h1-5,18H,17H2. The van der Waals surface area contributed by atoms with Gasteiger partial charge >= 0.3 is 0 Å². The number of benzene rings is 2. The molecule has 0 spiro atoms. The highest BCUT2D eigenvalue weighted by atomic mass is 19.2. The Morgan fingerprint density at radius 1 is 0.778 bits per heavy atom. The second-order valence-electron chi connectivity index (χ2n) is 3.59. The van der Waals surface area contributed by atoms with Crippen LogP contribution in [-0.2, 0) is 0 Å². The molecule has 0 amide bonds. The van der Waals surface area contributed by atoms with Crippen LogP contribution in [0.1, 0.15) is 0 Å². The van der Waals surface area contributed by atoms with Crippen molar-refractivity contribution in [3.8, 4) is 0 Å². The largest absolute Gasteiger partial charge is 0.399 e. The maximum Gasteiger partial charge on any atom is 0.196 e. The van der Waals surface area contributed by atoms with Gasteiger partial charge in [0.05, 0.1) is 11.4 Å². The van der Waals surface area contributed by atoms with E-state index in [0.29, 0.717) is 0 Å². The van der Waals surface area contributed by atoms with Gasteiger partial charge in [0.15, 0.2) is 17.5 Å². The van der Waals surface area contributed by atoms with Crippen molar-refractivity contribution >= 4 is 17.1 Å². The van der Waals surface area contributed by atoms with E-state index < -0.39 is 23.3 Å². The topological polar surface area (TPSA) is 38.0 Å². The molecule has 0 saturated carbocycles. The molecule has 0 fully saturated rings. The predicted molar refractivity (Wildman–Crippen MR) is 60.4 cm³/mol. The Bertz CT molecular complexity index is 599. The molecule has 0 aliphatic carbocycles. The van der Waals surface area contributed by atoms with Gasteiger partial charge in [0.1, 0.15) is 5.82 Å². The van der Waals surface area contributed by atoms with Crippen LogP contribution >= 0.6 is 0 Å². The minimum absolute atomic E-state index is 0.0888. The van der Waals surface area contributed by atoms with E-state index in [1.165, 1.54) is 12.1 Å². The van der Waals surface area contributed by atoms with Crippen LogP contribution in [0.5, 0.6) is 0 Å². The monoisotopic (exact) mass is 256 g/mol. The summed E-state index contributed by atoms with van der Waals surface area (Å²) in [5, 5.41) is 2.32. The molecule has 94 valence electrons. The first-order chi connectivity index (χ1) is 8.49. The van der Waals surface area contributed by atoms with Gasteiger partial charge < -0.3 is 11.1 Å². The van der Waals surface area contributed by atoms with Crippen molar-refractivity contribution in [3.05, 3.63) is 53.6 Å². The molecule has 18 heavy (non-hydrogen) atoms. The van der Waals surface area contributed by atoms with E-state index in [1.807, 2.05) is 0 Å². The second-order valence-corrected chi connectivity index (χ2v) is 3.59. The SMILES string of the molecule is Nc1ccc(Nc2ccc(F)c(F)c2F)c(F)c1. The summed E-state index contributed by atoms with van der Waals surface area (Å²) in [4.78, 5) is 0. The number of nitrogens with two attached hydrogens (primary N) is 1. The lowest BCUT2D eigenvalue weighted by molar-refractivity contribution is 0.449. The zero-order valence-electron chi connectivity index (χ0n) is 8.98. The summed E-state index contributed by atoms with van der Waals surface area (Å²) >= 11 is 0. The maximum atomic E-state index is 13.4. The van der Waals surface area contributed by atoms with E-state index >= 15 is 0 Å². The summed E-state index contributed by atoms with van der Waals surface area (Å²) in [5.41, 5.74) is 5.09. The van der Waals surface area contributed by atoms with Crippen LogP contribution in [0.3, 0.4) is 0 Å². The minimum Gasteiger partial charge on any atom is -0.399 e. The molecule has 2 rings (SSSR count). The molecule has 0 radical (unpaired) electrons. The molecule has 0 aliphatic heterocycles. The van der Waals surface area contributed by atoms with E-state index in [1.54, 1.807) is 0 Å². The number of halogens is 4. The first-order valence-corrected chi connectivity index (χ1v) is 4.94. The molecule has 0 heterocycles. The molecule has 0 unspecified atom stereocenters. The normalized spacial score (nSPS) is 10.4. The van der Waals surface area contributed by atoms with Crippen LogP contribution in [0, 0.1) is 23.3 Å². The Morgan fingerprint density at radius 2 is 1.44 bits per heavy atom. The first-order valence-electron chi connectivity index (χ1n) is 4.94. The van der Waals surface area contributed by atoms with Gasteiger partial charge in [0, 0.05) is 5.69 Å². The Balaban J connectivity index is 2.37. The van der Waals surface area contributed by atoms with Crippen LogP contribution in [-0.4, -0.2) is 0 Å². The van der Waals surface area contributed by atoms with Gasteiger partial charge in [0.25, 0.3) is 0 Å². The molecule has 2 aromatic carbocycles. The Labute approximate surface area is 100 Å². The smallest absolute Gasteiger partial charge is 0.196 e. The average Bonchev–Trinajstić information content (AvgIpc) is 2.33. The fourth-order valence-electron chi connectivity index (χ4n) is 1.40. The van der Waals surface area contributed by atoms with Gasteiger partial charge in [0.2, 0.25) is 0 Å². The number of nitrogens with one attached hydrogen (secondary N) is 1. The fraction of sp³-hybridized carbons (Fsp3) is 0. The first kappa shape index (κ1) is 12.2. The highest BCUT2D eigenvalue weighted by Crippen LogP contribution is 2.25. The van der Waals surface area contributed by atoms with E-state index in [-0.39, 0.29) is 17.1 Å². The molecule has 0 aliphatic rings. The summed E-state index contributed by atoms with van der Waals surface area (Å²) in [6.07, 6.45) is 0. The number of hydrogen-bond donors (Lipinski definition) is 2. The number of rotatable bonds is 2. The molecule has 3 N–H and O–H groups in total. The lowest BCUT2D eigenvalue weighted by atomic mass is 10.2. The lowest BCUT2D eigenvalue weighted by Crippen LogP contribution is -2.00. The van der Waals surface area contributed by atoms with Crippen molar-refractivity contribution in [3.63, 3.8) is 0 Å². The van der Waals surface area contributed by atoms with Crippen LogP contribution < -0.4 is 11.1 Å². The van der Waals surface area contributed by atoms with E-state index in [0.717, 1.165) is 18.2 Å². The van der Waals surface area contributed by atoms with Gasteiger partial charge in [-0.1, -0.05) is 0 Å². The summed E-state index contributed by atoms with van der Waals surface area (Å²) in [5.74, 6) is -5.06. The molecule has 0 atom stereocenters. The maximum absolute atomic E-state index is 13.4. The Hall–Kier alpha value is -2.24. The molecule has 2 aromatic rings. The van der Waals surface area contributed by atoms with Crippen molar-refractivity contribution in [1.29, 1.82) is 0 Å². The highest BCUT2D eigenvalue weighted by Gasteiger charge is 2.14. The second kappa shape index (κ2) is 4.56. The quantitative estimate of drug-likeness (QED) is 0.489. The van der Waals surface area contributed by atoms with E-state index in [4.69, 9.17) is 5.73 Å². The van der Waals surface area contributed by atoms with Gasteiger partial charge in [-0.25, -0.2) is 17.6 Å². The third-order valence-electron chi connectivity index (χ3n) is 2.30. The molecule has 0 aromatic heterocycles.